The fourth-order valence-electron chi connectivity index (χ4n) is 5.14. The van der Waals surface area contributed by atoms with Crippen LogP contribution in [0.5, 0.6) is 11.5 Å². The average molecular weight is 615 g/mol. The van der Waals surface area contributed by atoms with Crippen LogP contribution in [0, 0.1) is 5.41 Å². The molecule has 1 amide bonds. The number of amides is 1. The predicted octanol–water partition coefficient (Wildman–Crippen LogP) is 4.20. The zero-order chi connectivity index (χ0) is 27.5. The van der Waals surface area contributed by atoms with Gasteiger partial charge in [-0.1, -0.05) is 12.1 Å². The molecule has 0 spiro atoms. The van der Waals surface area contributed by atoms with E-state index in [-0.39, 0.29) is 36.1 Å². The maximum atomic E-state index is 13.2. The molecule has 2 aromatic carbocycles. The quantitative estimate of drug-likeness (QED) is 0.283. The van der Waals surface area contributed by atoms with Crippen LogP contribution in [-0.2, 0) is 6.54 Å². The Balaban J connectivity index is 0.00000202. The minimum absolute atomic E-state index is 0. The molecule has 2 N–H and O–H groups in total. The number of hydrogen-bond donors (Lipinski definition) is 1. The molecule has 0 radical (unpaired) electrons. The smallest absolute Gasteiger partial charge is 0.253 e. The van der Waals surface area contributed by atoms with Crippen LogP contribution in [0.3, 0.4) is 0 Å². The number of benzene rings is 2. The number of nitrogens with zero attached hydrogens (tertiary/aromatic N) is 6. The summed E-state index contributed by atoms with van der Waals surface area (Å²) >= 11 is 0. The molecule has 1 saturated carbocycles. The van der Waals surface area contributed by atoms with E-state index in [4.69, 9.17) is 15.2 Å². The van der Waals surface area contributed by atoms with E-state index in [1.165, 1.54) is 0 Å². The molecule has 42 heavy (non-hydrogen) atoms. The second-order valence-electron chi connectivity index (χ2n) is 10.6. The maximum absolute atomic E-state index is 13.2. The summed E-state index contributed by atoms with van der Waals surface area (Å²) in [6.45, 7) is 7.06. The fourth-order valence-corrected chi connectivity index (χ4v) is 5.14. The molecule has 224 valence electrons. The molecule has 0 atom stereocenters. The predicted molar refractivity (Wildman–Crippen MR) is 167 cm³/mol. The van der Waals surface area contributed by atoms with Gasteiger partial charge in [0.25, 0.3) is 5.91 Å². The molecule has 4 aromatic rings. The lowest BCUT2D eigenvalue weighted by Gasteiger charge is -2.35. The topological polar surface area (TPSA) is 112 Å². The number of rotatable bonds is 10. The molecule has 0 unspecified atom stereocenters. The van der Waals surface area contributed by atoms with Gasteiger partial charge in [-0.05, 0) is 61.7 Å². The summed E-state index contributed by atoms with van der Waals surface area (Å²) in [4.78, 5) is 26.4. The van der Waals surface area contributed by atoms with Gasteiger partial charge < -0.3 is 25.0 Å². The van der Waals surface area contributed by atoms with Crippen molar-refractivity contribution in [1.29, 1.82) is 0 Å². The summed E-state index contributed by atoms with van der Waals surface area (Å²) in [6.07, 6.45) is 5.67. The molecule has 3 heterocycles. The highest BCUT2D eigenvalue weighted by Crippen LogP contribution is 2.44. The third-order valence-electron chi connectivity index (χ3n) is 7.86. The summed E-state index contributed by atoms with van der Waals surface area (Å²) in [7, 11) is 0. The van der Waals surface area contributed by atoms with Crippen molar-refractivity contribution in [3.63, 3.8) is 0 Å². The van der Waals surface area contributed by atoms with Crippen molar-refractivity contribution in [3.05, 3.63) is 72.2 Å². The van der Waals surface area contributed by atoms with Crippen molar-refractivity contribution in [2.24, 2.45) is 11.1 Å². The summed E-state index contributed by atoms with van der Waals surface area (Å²) in [5.41, 5.74) is 8.54. The van der Waals surface area contributed by atoms with Gasteiger partial charge in [-0.3, -0.25) is 4.79 Å². The van der Waals surface area contributed by atoms with Crippen LogP contribution in [0.15, 0.2) is 61.1 Å². The molecular formula is C30H37Cl2N7O3. The molecule has 2 aliphatic rings. The number of hydrogen-bond acceptors (Lipinski definition) is 8. The molecule has 10 nitrogen and oxygen atoms in total. The lowest BCUT2D eigenvalue weighted by atomic mass is 10.1. The maximum Gasteiger partial charge on any atom is 0.253 e. The first-order chi connectivity index (χ1) is 19.6. The van der Waals surface area contributed by atoms with Crippen molar-refractivity contribution in [2.75, 3.05) is 50.8 Å². The van der Waals surface area contributed by atoms with Crippen LogP contribution in [0.4, 0.5) is 5.82 Å². The number of anilines is 1. The zero-order valence-corrected chi connectivity index (χ0v) is 25.3. The van der Waals surface area contributed by atoms with Gasteiger partial charge >= 0.3 is 0 Å². The van der Waals surface area contributed by atoms with E-state index in [0.717, 1.165) is 46.8 Å². The summed E-state index contributed by atoms with van der Waals surface area (Å²) in [5, 5.41) is 5.52. The van der Waals surface area contributed by atoms with Gasteiger partial charge in [0.05, 0.1) is 31.3 Å². The van der Waals surface area contributed by atoms with E-state index >= 15 is 0 Å². The van der Waals surface area contributed by atoms with E-state index in [1.54, 1.807) is 6.33 Å². The Morgan fingerprint density at radius 3 is 2.43 bits per heavy atom. The molecule has 1 aliphatic carbocycles. The SMILES string of the molecule is CCOc1cccc(Cn2ncc3c(N4CCN(C(=O)c5ccc(OCC6(CN)CC6)cc5)CC4)ncnc32)c1.Cl.Cl. The van der Waals surface area contributed by atoms with Crippen molar-refractivity contribution in [3.8, 4) is 11.5 Å². The van der Waals surface area contributed by atoms with Crippen LogP contribution < -0.4 is 20.1 Å². The van der Waals surface area contributed by atoms with E-state index in [0.29, 0.717) is 58.0 Å². The van der Waals surface area contributed by atoms with Gasteiger partial charge in [0.2, 0.25) is 0 Å². The van der Waals surface area contributed by atoms with Gasteiger partial charge in [-0.25, -0.2) is 14.6 Å². The fraction of sp³-hybridized carbons (Fsp3) is 0.400. The van der Waals surface area contributed by atoms with E-state index in [1.807, 2.05) is 65.2 Å². The molecule has 2 aromatic heterocycles. The first-order valence-corrected chi connectivity index (χ1v) is 13.9. The zero-order valence-electron chi connectivity index (χ0n) is 23.6. The van der Waals surface area contributed by atoms with Gasteiger partial charge in [0, 0.05) is 43.7 Å². The van der Waals surface area contributed by atoms with Crippen molar-refractivity contribution < 1.29 is 14.3 Å². The van der Waals surface area contributed by atoms with E-state index < -0.39 is 0 Å². The number of carbonyl (C=O) groups excluding carboxylic acids is 1. The lowest BCUT2D eigenvalue weighted by Crippen LogP contribution is -2.49. The standard InChI is InChI=1S/C30H35N7O3.2ClH/c1-2-39-25-5-3-4-22(16-25)18-37-28-26(17-34-37)27(32-21-33-28)35-12-14-36(15-13-35)29(38)23-6-8-24(9-7-23)40-20-30(19-31)10-11-30;;/h3-9,16-17,21H,2,10-15,18-20,31H2,1H3;2*1H. The molecule has 0 bridgehead atoms. The van der Waals surface area contributed by atoms with Crippen LogP contribution in [-0.4, -0.2) is 76.5 Å². The normalized spacial score (nSPS) is 15.5. The monoisotopic (exact) mass is 613 g/mol. The van der Waals surface area contributed by atoms with Crippen molar-refractivity contribution in [1.82, 2.24) is 24.6 Å². The summed E-state index contributed by atoms with van der Waals surface area (Å²) in [5.74, 6) is 2.49. The highest BCUT2D eigenvalue weighted by Gasteiger charge is 2.42. The number of halogens is 2. The first-order valence-electron chi connectivity index (χ1n) is 13.9. The van der Waals surface area contributed by atoms with Gasteiger partial charge in [-0.2, -0.15) is 5.10 Å². The second-order valence-corrected chi connectivity index (χ2v) is 10.6. The number of piperazine rings is 1. The number of nitrogens with two attached hydrogens (primary N) is 1. The number of aromatic nitrogens is 4. The van der Waals surface area contributed by atoms with E-state index in [9.17, 15) is 4.79 Å². The molecular weight excluding hydrogens is 577 g/mol. The molecule has 2 fully saturated rings. The minimum Gasteiger partial charge on any atom is -0.494 e. The van der Waals surface area contributed by atoms with Gasteiger partial charge in [0.1, 0.15) is 23.6 Å². The molecule has 12 heteroatoms. The van der Waals surface area contributed by atoms with Crippen LogP contribution in [0.25, 0.3) is 11.0 Å². The van der Waals surface area contributed by atoms with Gasteiger partial charge in [0.15, 0.2) is 5.65 Å². The molecule has 1 aliphatic heterocycles. The van der Waals surface area contributed by atoms with Gasteiger partial charge in [-0.15, -0.1) is 24.8 Å². The van der Waals surface area contributed by atoms with Crippen LogP contribution in [0.2, 0.25) is 0 Å². The largest absolute Gasteiger partial charge is 0.494 e. The summed E-state index contributed by atoms with van der Waals surface area (Å²) < 4.78 is 13.4. The minimum atomic E-state index is 0. The highest BCUT2D eigenvalue weighted by atomic mass is 35.5. The number of fused-ring (bicyclic) bond motifs is 1. The Labute approximate surface area is 258 Å². The number of carbonyl (C=O) groups is 1. The van der Waals surface area contributed by atoms with Crippen LogP contribution in [0.1, 0.15) is 35.7 Å². The Hall–Kier alpha value is -3.60. The van der Waals surface area contributed by atoms with Crippen molar-refractivity contribution >= 4 is 47.6 Å². The first kappa shape index (κ1) is 31.3. The molecule has 6 rings (SSSR count). The second kappa shape index (κ2) is 13.6. The Morgan fingerprint density at radius 1 is 0.976 bits per heavy atom. The Morgan fingerprint density at radius 2 is 1.74 bits per heavy atom. The Kier molecular flexibility index (Phi) is 10.1. The Bertz CT molecular complexity index is 1490. The van der Waals surface area contributed by atoms with E-state index in [2.05, 4.69) is 26.0 Å². The third kappa shape index (κ3) is 6.72. The molecule has 1 saturated heterocycles. The highest BCUT2D eigenvalue weighted by molar-refractivity contribution is 5.94. The lowest BCUT2D eigenvalue weighted by molar-refractivity contribution is 0.0746. The van der Waals surface area contributed by atoms with Crippen LogP contribution >= 0.6 is 24.8 Å². The van der Waals surface area contributed by atoms with Crippen molar-refractivity contribution in [2.45, 2.75) is 26.3 Å². The number of ether oxygens (including phenoxy) is 2. The summed E-state index contributed by atoms with van der Waals surface area (Å²) in [6, 6.07) is 15.5. The average Bonchev–Trinajstić information content (AvgIpc) is 3.68. The third-order valence-corrected chi connectivity index (χ3v) is 7.86.